The van der Waals surface area contributed by atoms with E-state index in [1.165, 1.54) is 0 Å². The fraction of sp³-hybridized carbons (Fsp3) is 0.400. The lowest BCUT2D eigenvalue weighted by atomic mass is 10.1. The van der Waals surface area contributed by atoms with Gasteiger partial charge in [0.1, 0.15) is 11.5 Å². The van der Waals surface area contributed by atoms with Crippen molar-refractivity contribution in [2.75, 3.05) is 14.2 Å². The predicted octanol–water partition coefficient (Wildman–Crippen LogP) is 1.49. The molecule has 0 spiro atoms. The Morgan fingerprint density at radius 3 is 2.50 bits per heavy atom. The van der Waals surface area contributed by atoms with E-state index in [9.17, 15) is 0 Å². The van der Waals surface area contributed by atoms with Crippen LogP contribution in [0.15, 0.2) is 12.1 Å². The molecule has 0 bridgehead atoms. The molecule has 1 rings (SSSR count). The van der Waals surface area contributed by atoms with Gasteiger partial charge in [0.2, 0.25) is 0 Å². The molecule has 0 atom stereocenters. The molecule has 1 aromatic rings. The molecule has 0 unspecified atom stereocenters. The molecule has 0 aliphatic rings. The second-order valence-electron chi connectivity index (χ2n) is 2.93. The Kier molecular flexibility index (Phi) is 3.73. The maximum absolute atomic E-state index is 8.69. The molecular formula is C10H15NO3. The average molecular weight is 197 g/mol. The van der Waals surface area contributed by atoms with Crippen LogP contribution in [-0.4, -0.2) is 19.4 Å². The van der Waals surface area contributed by atoms with Crippen LogP contribution in [-0.2, 0) is 6.54 Å². The van der Waals surface area contributed by atoms with Gasteiger partial charge in [-0.2, -0.15) is 0 Å². The van der Waals surface area contributed by atoms with E-state index in [1.54, 1.807) is 14.2 Å². The van der Waals surface area contributed by atoms with Gasteiger partial charge < -0.3 is 14.7 Å². The lowest BCUT2D eigenvalue weighted by Gasteiger charge is -2.14. The molecule has 14 heavy (non-hydrogen) atoms. The third-order valence-electron chi connectivity index (χ3n) is 2.09. The van der Waals surface area contributed by atoms with E-state index in [2.05, 4.69) is 5.48 Å². The van der Waals surface area contributed by atoms with Gasteiger partial charge in [-0.15, -0.1) is 0 Å². The van der Waals surface area contributed by atoms with Gasteiger partial charge in [0.15, 0.2) is 0 Å². The Labute approximate surface area is 83.4 Å². The molecular weight excluding hydrogens is 182 g/mol. The molecule has 1 aromatic carbocycles. The first kappa shape index (κ1) is 10.8. The predicted molar refractivity (Wildman–Crippen MR) is 52.9 cm³/mol. The van der Waals surface area contributed by atoms with Gasteiger partial charge in [0, 0.05) is 0 Å². The van der Waals surface area contributed by atoms with Crippen LogP contribution in [0.25, 0.3) is 0 Å². The third kappa shape index (κ3) is 1.97. The largest absolute Gasteiger partial charge is 0.496 e. The van der Waals surface area contributed by atoms with Crippen molar-refractivity contribution in [2.24, 2.45) is 0 Å². The molecule has 0 fully saturated rings. The van der Waals surface area contributed by atoms with Crippen LogP contribution in [0.1, 0.15) is 11.1 Å². The summed E-state index contributed by atoms with van der Waals surface area (Å²) in [6.07, 6.45) is 0. The van der Waals surface area contributed by atoms with E-state index in [-0.39, 0.29) is 0 Å². The van der Waals surface area contributed by atoms with Crippen molar-refractivity contribution in [2.45, 2.75) is 13.5 Å². The van der Waals surface area contributed by atoms with Crippen LogP contribution >= 0.6 is 0 Å². The number of nitrogens with one attached hydrogen (secondary N) is 1. The van der Waals surface area contributed by atoms with Crippen molar-refractivity contribution >= 4 is 0 Å². The highest BCUT2D eigenvalue weighted by Crippen LogP contribution is 2.31. The zero-order valence-electron chi connectivity index (χ0n) is 8.63. The summed E-state index contributed by atoms with van der Waals surface area (Å²) >= 11 is 0. The Balaban J connectivity index is 3.21. The average Bonchev–Trinajstić information content (AvgIpc) is 2.19. The number of methoxy groups -OCH3 is 2. The first-order chi connectivity index (χ1) is 6.74. The first-order valence-corrected chi connectivity index (χ1v) is 4.32. The Bertz CT molecular complexity index is 312. The van der Waals surface area contributed by atoms with Gasteiger partial charge in [0.25, 0.3) is 0 Å². The number of hydrogen-bond acceptors (Lipinski definition) is 4. The van der Waals surface area contributed by atoms with Crippen LogP contribution in [0.4, 0.5) is 0 Å². The molecule has 0 aliphatic heterocycles. The van der Waals surface area contributed by atoms with Crippen molar-refractivity contribution < 1.29 is 14.7 Å². The summed E-state index contributed by atoms with van der Waals surface area (Å²) in [5.74, 6) is 1.44. The number of hydroxylamine groups is 1. The highest BCUT2D eigenvalue weighted by molar-refractivity contribution is 5.49. The summed E-state index contributed by atoms with van der Waals surface area (Å²) in [7, 11) is 3.19. The first-order valence-electron chi connectivity index (χ1n) is 4.32. The van der Waals surface area contributed by atoms with Crippen molar-refractivity contribution in [1.82, 2.24) is 5.48 Å². The van der Waals surface area contributed by atoms with Gasteiger partial charge in [-0.25, -0.2) is 5.48 Å². The van der Waals surface area contributed by atoms with E-state index in [0.29, 0.717) is 12.3 Å². The Morgan fingerprint density at radius 2 is 2.00 bits per heavy atom. The van der Waals surface area contributed by atoms with Crippen LogP contribution in [0.3, 0.4) is 0 Å². The van der Waals surface area contributed by atoms with E-state index in [1.807, 2.05) is 19.1 Å². The summed E-state index contributed by atoms with van der Waals surface area (Å²) < 4.78 is 10.4. The van der Waals surface area contributed by atoms with E-state index < -0.39 is 0 Å². The van der Waals surface area contributed by atoms with Gasteiger partial charge in [-0.1, -0.05) is 6.07 Å². The maximum Gasteiger partial charge on any atom is 0.130 e. The third-order valence-corrected chi connectivity index (χ3v) is 2.09. The molecule has 0 radical (unpaired) electrons. The minimum absolute atomic E-state index is 0.300. The summed E-state index contributed by atoms with van der Waals surface area (Å²) in [6, 6.07) is 3.77. The molecule has 0 saturated carbocycles. The number of hydrogen-bond donors (Lipinski definition) is 2. The number of aryl methyl sites for hydroxylation is 1. The van der Waals surface area contributed by atoms with E-state index in [4.69, 9.17) is 14.7 Å². The Hall–Kier alpha value is -1.26. The topological polar surface area (TPSA) is 50.7 Å². The molecule has 4 heteroatoms. The molecule has 0 amide bonds. The van der Waals surface area contributed by atoms with Gasteiger partial charge >= 0.3 is 0 Å². The molecule has 4 nitrogen and oxygen atoms in total. The number of ether oxygens (including phenoxy) is 2. The van der Waals surface area contributed by atoms with E-state index in [0.717, 1.165) is 16.9 Å². The van der Waals surface area contributed by atoms with Crippen molar-refractivity contribution in [1.29, 1.82) is 0 Å². The minimum atomic E-state index is 0.300. The van der Waals surface area contributed by atoms with E-state index >= 15 is 0 Å². The smallest absolute Gasteiger partial charge is 0.130 e. The van der Waals surface area contributed by atoms with Gasteiger partial charge in [-0.05, 0) is 18.6 Å². The maximum atomic E-state index is 8.69. The lowest BCUT2D eigenvalue weighted by Crippen LogP contribution is -2.09. The van der Waals surface area contributed by atoms with Crippen molar-refractivity contribution in [3.05, 3.63) is 23.3 Å². The highest BCUT2D eigenvalue weighted by atomic mass is 16.5. The molecule has 0 aliphatic carbocycles. The molecule has 0 aromatic heterocycles. The minimum Gasteiger partial charge on any atom is -0.496 e. The zero-order chi connectivity index (χ0) is 10.6. The van der Waals surface area contributed by atoms with Crippen molar-refractivity contribution in [3.63, 3.8) is 0 Å². The zero-order valence-corrected chi connectivity index (χ0v) is 8.63. The molecule has 78 valence electrons. The summed E-state index contributed by atoms with van der Waals surface area (Å²) in [5.41, 5.74) is 3.93. The number of rotatable bonds is 4. The monoisotopic (exact) mass is 197 g/mol. The highest BCUT2D eigenvalue weighted by Gasteiger charge is 2.11. The second kappa shape index (κ2) is 4.83. The normalized spacial score (nSPS) is 10.0. The summed E-state index contributed by atoms with van der Waals surface area (Å²) in [4.78, 5) is 0. The second-order valence-corrected chi connectivity index (χ2v) is 2.93. The molecule has 0 saturated heterocycles. The Morgan fingerprint density at radius 1 is 1.29 bits per heavy atom. The SMILES string of the molecule is COc1ccc(C)c(OC)c1CNO. The molecule has 0 heterocycles. The fourth-order valence-corrected chi connectivity index (χ4v) is 1.45. The number of benzene rings is 1. The standard InChI is InChI=1S/C10H15NO3/c1-7-4-5-9(13-2)8(6-11-12)10(7)14-3/h4-5,11-12H,6H2,1-3H3. The van der Waals surface area contributed by atoms with Crippen LogP contribution in [0.2, 0.25) is 0 Å². The van der Waals surface area contributed by atoms with Crippen LogP contribution < -0.4 is 15.0 Å². The fourth-order valence-electron chi connectivity index (χ4n) is 1.45. The van der Waals surface area contributed by atoms with Gasteiger partial charge in [-0.3, -0.25) is 0 Å². The van der Waals surface area contributed by atoms with Gasteiger partial charge in [0.05, 0.1) is 26.3 Å². The summed E-state index contributed by atoms with van der Waals surface area (Å²) in [6.45, 7) is 2.24. The molecule has 2 N–H and O–H groups in total. The van der Waals surface area contributed by atoms with Crippen LogP contribution in [0, 0.1) is 6.92 Å². The summed E-state index contributed by atoms with van der Waals surface area (Å²) in [5, 5.41) is 8.69. The van der Waals surface area contributed by atoms with Crippen molar-refractivity contribution in [3.8, 4) is 11.5 Å². The lowest BCUT2D eigenvalue weighted by molar-refractivity contribution is 0.159. The quantitative estimate of drug-likeness (QED) is 0.718. The van der Waals surface area contributed by atoms with Crippen LogP contribution in [0.5, 0.6) is 11.5 Å².